The summed E-state index contributed by atoms with van der Waals surface area (Å²) >= 11 is 0. The summed E-state index contributed by atoms with van der Waals surface area (Å²) in [6.45, 7) is 2.86. The van der Waals surface area contributed by atoms with Gasteiger partial charge in [-0.3, -0.25) is 14.3 Å². The summed E-state index contributed by atoms with van der Waals surface area (Å²) in [7, 11) is 0. The number of benzene rings is 1. The number of aromatic amines is 1. The Bertz CT molecular complexity index is 1970. The Morgan fingerprint density at radius 3 is 2.44 bits per heavy atom. The summed E-state index contributed by atoms with van der Waals surface area (Å²) in [4.78, 5) is 48.8. The Hall–Kier alpha value is -5.06. The Kier molecular flexibility index (Phi) is 8.83. The fraction of sp³-hybridized carbons (Fsp3) is 0.514. The van der Waals surface area contributed by atoms with E-state index in [4.69, 9.17) is 9.47 Å². The first-order valence-electron chi connectivity index (χ1n) is 17.6. The summed E-state index contributed by atoms with van der Waals surface area (Å²) in [5.74, 6) is -0.536. The van der Waals surface area contributed by atoms with Gasteiger partial charge < -0.3 is 24.6 Å². The van der Waals surface area contributed by atoms with Gasteiger partial charge in [0.25, 0.3) is 5.91 Å². The number of alkyl halides is 3. The molecule has 0 unspecified atom stereocenters. The Morgan fingerprint density at radius 1 is 1.00 bits per heavy atom. The molecule has 0 atom stereocenters. The van der Waals surface area contributed by atoms with Crippen molar-refractivity contribution in [2.75, 3.05) is 42.6 Å². The second-order valence-corrected chi connectivity index (χ2v) is 14.0. The van der Waals surface area contributed by atoms with E-state index in [1.807, 2.05) is 18.2 Å². The number of ether oxygens (including phenoxy) is 2. The summed E-state index contributed by atoms with van der Waals surface area (Å²) in [5, 5.41) is 6.50. The van der Waals surface area contributed by atoms with E-state index in [9.17, 15) is 22.8 Å². The number of hydrogen-bond acceptors (Lipinski definition) is 12. The van der Waals surface area contributed by atoms with Crippen LogP contribution in [0.3, 0.4) is 0 Å². The van der Waals surface area contributed by atoms with Crippen LogP contribution in [0.15, 0.2) is 52.2 Å². The molecule has 1 aliphatic carbocycles. The maximum Gasteiger partial charge on any atom is 0.438 e. The molecule has 3 aromatic heterocycles. The maximum absolute atomic E-state index is 14.7. The molecule has 0 radical (unpaired) electrons. The second kappa shape index (κ2) is 13.5. The van der Waals surface area contributed by atoms with Gasteiger partial charge in [-0.15, -0.1) is 0 Å². The lowest BCUT2D eigenvalue weighted by Gasteiger charge is -2.35. The van der Waals surface area contributed by atoms with E-state index in [-0.39, 0.29) is 17.9 Å². The van der Waals surface area contributed by atoms with Crippen molar-refractivity contribution in [2.45, 2.75) is 81.0 Å². The predicted molar refractivity (Wildman–Crippen MR) is 179 cm³/mol. The number of nitrogens with one attached hydrogen (secondary N) is 2. The van der Waals surface area contributed by atoms with Gasteiger partial charge in [-0.2, -0.15) is 13.2 Å². The number of nitrogens with zero attached hydrogens (tertiary/aromatic N) is 7. The van der Waals surface area contributed by atoms with Crippen LogP contribution in [0.5, 0.6) is 5.75 Å². The summed E-state index contributed by atoms with van der Waals surface area (Å²) in [5.41, 5.74) is -2.05. The molecular formula is C35H38F3N9O5. The molecule has 4 aromatic rings. The number of amides is 1. The molecule has 8 rings (SSSR count). The molecule has 1 saturated carbocycles. The van der Waals surface area contributed by atoms with Crippen molar-refractivity contribution < 1.29 is 32.0 Å². The standard InChI is InChI=1S/C35H38F3N9O5/c36-35(37,38)27-24(28(48)44-34(9-2-1-3-10-34)29-43-32(49)52-45-29)20-41-31(42-27)47-21-33(11-17-50-18-12-33)25-19-23(5-6-26(25)47)51-22-7-15-46(16-8-22)30-39-13-4-14-40-30/h4-6,13-14,19-20,22H,1-3,7-12,15-18,21H2,(H,44,48)(H,43,45,49). The molecule has 3 aliphatic heterocycles. The van der Waals surface area contributed by atoms with E-state index in [0.29, 0.717) is 75.7 Å². The summed E-state index contributed by atoms with van der Waals surface area (Å²) in [6, 6.07) is 7.47. The highest BCUT2D eigenvalue weighted by atomic mass is 19.4. The van der Waals surface area contributed by atoms with Crippen LogP contribution in [0.2, 0.25) is 0 Å². The SMILES string of the molecule is O=C(NC1(c2noc(=O)[nH]2)CCCCC1)c1cnc(N2CC3(CCOCC3)c3cc(OC4CCN(c5ncccn5)CC4)ccc32)nc1C(F)(F)F. The maximum atomic E-state index is 14.7. The van der Waals surface area contributed by atoms with Gasteiger partial charge in [-0.05, 0) is 55.5 Å². The van der Waals surface area contributed by atoms with E-state index in [0.717, 1.165) is 44.1 Å². The number of carbonyl (C=O) groups is 1. The van der Waals surface area contributed by atoms with E-state index >= 15 is 0 Å². The van der Waals surface area contributed by atoms with Crippen molar-refractivity contribution in [1.82, 2.24) is 35.4 Å². The minimum Gasteiger partial charge on any atom is -0.490 e. The van der Waals surface area contributed by atoms with Crippen LogP contribution in [0.1, 0.15) is 85.2 Å². The molecule has 3 fully saturated rings. The smallest absolute Gasteiger partial charge is 0.438 e. The van der Waals surface area contributed by atoms with Crippen LogP contribution in [0, 0.1) is 0 Å². The normalized spacial score (nSPS) is 20.1. The van der Waals surface area contributed by atoms with Crippen molar-refractivity contribution >= 4 is 23.5 Å². The topological polar surface area (TPSA) is 164 Å². The number of carbonyl (C=O) groups excluding carboxylic acids is 1. The number of fused-ring (bicyclic) bond motifs is 2. The van der Waals surface area contributed by atoms with Gasteiger partial charge in [-0.1, -0.05) is 24.4 Å². The van der Waals surface area contributed by atoms with Gasteiger partial charge >= 0.3 is 11.9 Å². The molecule has 6 heterocycles. The minimum absolute atomic E-state index is 0.0187. The zero-order valence-corrected chi connectivity index (χ0v) is 28.3. The molecule has 1 aromatic carbocycles. The number of halogens is 3. The average Bonchev–Trinajstić information content (AvgIpc) is 3.74. The summed E-state index contributed by atoms with van der Waals surface area (Å²) in [6.07, 6.45) is 5.24. The third-order valence-corrected chi connectivity index (χ3v) is 10.8. The first-order chi connectivity index (χ1) is 25.1. The third-order valence-electron chi connectivity index (χ3n) is 10.8. The number of piperidine rings is 1. The van der Waals surface area contributed by atoms with Crippen LogP contribution in [-0.4, -0.2) is 74.9 Å². The van der Waals surface area contributed by atoms with Crippen molar-refractivity contribution in [3.63, 3.8) is 0 Å². The lowest BCUT2D eigenvalue weighted by Crippen LogP contribution is -2.48. The number of anilines is 3. The molecular weight excluding hydrogens is 683 g/mol. The number of rotatable bonds is 7. The number of H-pyrrole nitrogens is 1. The summed E-state index contributed by atoms with van der Waals surface area (Å²) < 4.78 is 61.0. The van der Waals surface area contributed by atoms with Crippen molar-refractivity contribution in [3.8, 4) is 5.75 Å². The molecule has 274 valence electrons. The second-order valence-electron chi connectivity index (χ2n) is 14.0. The van der Waals surface area contributed by atoms with E-state index in [1.165, 1.54) is 0 Å². The van der Waals surface area contributed by atoms with E-state index < -0.39 is 40.1 Å². The number of aromatic nitrogens is 6. The van der Waals surface area contributed by atoms with Gasteiger partial charge in [0.05, 0.1) is 5.56 Å². The van der Waals surface area contributed by atoms with Gasteiger partial charge in [0.2, 0.25) is 11.9 Å². The van der Waals surface area contributed by atoms with Gasteiger partial charge in [0, 0.05) is 75.4 Å². The van der Waals surface area contributed by atoms with E-state index in [1.54, 1.807) is 23.4 Å². The average molecular weight is 722 g/mol. The highest BCUT2D eigenvalue weighted by molar-refractivity contribution is 5.96. The molecule has 52 heavy (non-hydrogen) atoms. The first-order valence-corrected chi connectivity index (χ1v) is 17.6. The first kappa shape index (κ1) is 34.0. The van der Waals surface area contributed by atoms with Gasteiger partial charge in [0.15, 0.2) is 11.5 Å². The fourth-order valence-electron chi connectivity index (χ4n) is 8.09. The van der Waals surface area contributed by atoms with Crippen LogP contribution >= 0.6 is 0 Å². The lowest BCUT2D eigenvalue weighted by molar-refractivity contribution is -0.141. The quantitative estimate of drug-likeness (QED) is 0.268. The van der Waals surface area contributed by atoms with Crippen LogP contribution in [-0.2, 0) is 21.9 Å². The highest BCUT2D eigenvalue weighted by Crippen LogP contribution is 2.50. The molecule has 1 spiro atoms. The highest BCUT2D eigenvalue weighted by Gasteiger charge is 2.47. The Balaban J connectivity index is 1.07. The molecule has 17 heteroatoms. The molecule has 2 N–H and O–H groups in total. The Morgan fingerprint density at radius 2 is 1.75 bits per heavy atom. The van der Waals surface area contributed by atoms with Crippen molar-refractivity contribution in [2.24, 2.45) is 0 Å². The minimum atomic E-state index is -4.97. The molecule has 0 bridgehead atoms. The Labute approximate surface area is 296 Å². The number of hydrogen-bond donors (Lipinski definition) is 2. The van der Waals surface area contributed by atoms with Crippen LogP contribution in [0.25, 0.3) is 0 Å². The molecule has 4 aliphatic rings. The zero-order chi connectivity index (χ0) is 35.9. The van der Waals surface area contributed by atoms with Gasteiger partial charge in [0.1, 0.15) is 17.4 Å². The van der Waals surface area contributed by atoms with Gasteiger partial charge in [-0.25, -0.2) is 24.7 Å². The van der Waals surface area contributed by atoms with E-state index in [2.05, 4.69) is 44.8 Å². The lowest BCUT2D eigenvalue weighted by atomic mass is 9.76. The third kappa shape index (κ3) is 6.45. The van der Waals surface area contributed by atoms with Crippen molar-refractivity contribution in [1.29, 1.82) is 0 Å². The monoisotopic (exact) mass is 721 g/mol. The molecule has 2 saturated heterocycles. The molecule has 1 amide bonds. The van der Waals surface area contributed by atoms with Crippen LogP contribution < -0.4 is 25.6 Å². The fourth-order valence-corrected chi connectivity index (χ4v) is 8.09. The van der Waals surface area contributed by atoms with Crippen LogP contribution in [0.4, 0.5) is 30.8 Å². The van der Waals surface area contributed by atoms with Crippen molar-refractivity contribution in [3.05, 3.63) is 76.1 Å². The predicted octanol–water partition coefficient (Wildman–Crippen LogP) is 4.80. The largest absolute Gasteiger partial charge is 0.490 e. The molecule has 14 nitrogen and oxygen atoms in total. The zero-order valence-electron chi connectivity index (χ0n) is 28.3.